The molecular formula is C26H33FN2O4. The van der Waals surface area contributed by atoms with E-state index in [2.05, 4.69) is 4.90 Å². The van der Waals surface area contributed by atoms with Gasteiger partial charge in [0.2, 0.25) is 5.91 Å². The van der Waals surface area contributed by atoms with Crippen LogP contribution in [0.4, 0.5) is 4.39 Å². The number of methoxy groups -OCH3 is 2. The van der Waals surface area contributed by atoms with Gasteiger partial charge in [0.1, 0.15) is 6.61 Å². The summed E-state index contributed by atoms with van der Waals surface area (Å²) in [6, 6.07) is 10.4. The maximum atomic E-state index is 13.7. The van der Waals surface area contributed by atoms with Crippen LogP contribution < -0.4 is 14.2 Å². The minimum absolute atomic E-state index is 0.168. The second-order valence-corrected chi connectivity index (χ2v) is 8.83. The van der Waals surface area contributed by atoms with Gasteiger partial charge >= 0.3 is 0 Å². The Kier molecular flexibility index (Phi) is 7.70. The number of hydrogen-bond donors (Lipinski definition) is 0. The lowest BCUT2D eigenvalue weighted by Crippen LogP contribution is -2.44. The fraction of sp³-hybridized carbons (Fsp3) is 0.500. The summed E-state index contributed by atoms with van der Waals surface area (Å²) in [7, 11) is 3.25. The van der Waals surface area contributed by atoms with Gasteiger partial charge in [-0.15, -0.1) is 0 Å². The topological polar surface area (TPSA) is 51.2 Å². The number of amides is 1. The summed E-state index contributed by atoms with van der Waals surface area (Å²) in [5.74, 6) is 1.94. The van der Waals surface area contributed by atoms with E-state index in [1.165, 1.54) is 6.07 Å². The van der Waals surface area contributed by atoms with E-state index in [0.717, 1.165) is 56.6 Å². The molecule has 0 bridgehead atoms. The minimum atomic E-state index is -0.329. The second kappa shape index (κ2) is 10.9. The number of benzene rings is 2. The van der Waals surface area contributed by atoms with Crippen LogP contribution in [0.3, 0.4) is 0 Å². The number of fused-ring (bicyclic) bond motifs is 1. The molecule has 0 saturated carbocycles. The number of hydrogen-bond acceptors (Lipinski definition) is 5. The van der Waals surface area contributed by atoms with Gasteiger partial charge < -0.3 is 19.1 Å². The molecule has 2 aliphatic rings. The number of nitrogens with zero attached hydrogens (tertiary/aromatic N) is 2. The Labute approximate surface area is 195 Å². The van der Waals surface area contributed by atoms with Crippen molar-refractivity contribution in [3.63, 3.8) is 0 Å². The van der Waals surface area contributed by atoms with Crippen molar-refractivity contribution in [1.29, 1.82) is 0 Å². The summed E-state index contributed by atoms with van der Waals surface area (Å²) in [6.45, 7) is 4.63. The van der Waals surface area contributed by atoms with Crippen molar-refractivity contribution < 1.29 is 23.4 Å². The molecule has 178 valence electrons. The number of carbonyl (C=O) groups excluding carboxylic acids is 1. The molecule has 1 atom stereocenters. The largest absolute Gasteiger partial charge is 0.493 e. The molecule has 4 rings (SSSR count). The van der Waals surface area contributed by atoms with Crippen LogP contribution in [0.2, 0.25) is 0 Å². The SMILES string of the molecule is COc1cc2c(cc1OC)CC(=O)N(C[C@H]1CCCN(CCOc3ccccc3F)C1)CC2. The van der Waals surface area contributed by atoms with E-state index >= 15 is 0 Å². The van der Waals surface area contributed by atoms with E-state index in [1.807, 2.05) is 17.0 Å². The molecule has 1 saturated heterocycles. The molecule has 0 unspecified atom stereocenters. The summed E-state index contributed by atoms with van der Waals surface area (Å²) in [5.41, 5.74) is 2.18. The lowest BCUT2D eigenvalue weighted by atomic mass is 9.97. The average Bonchev–Trinajstić information content (AvgIpc) is 2.97. The predicted molar refractivity (Wildman–Crippen MR) is 125 cm³/mol. The zero-order valence-electron chi connectivity index (χ0n) is 19.5. The normalized spacial score (nSPS) is 19.1. The summed E-state index contributed by atoms with van der Waals surface area (Å²) < 4.78 is 30.2. The quantitative estimate of drug-likeness (QED) is 0.608. The van der Waals surface area contributed by atoms with E-state index in [4.69, 9.17) is 14.2 Å². The fourth-order valence-corrected chi connectivity index (χ4v) is 4.87. The third-order valence-electron chi connectivity index (χ3n) is 6.63. The van der Waals surface area contributed by atoms with Gasteiger partial charge in [0, 0.05) is 26.2 Å². The van der Waals surface area contributed by atoms with Crippen LogP contribution in [0.15, 0.2) is 36.4 Å². The highest BCUT2D eigenvalue weighted by Crippen LogP contribution is 2.32. The third-order valence-corrected chi connectivity index (χ3v) is 6.63. The fourth-order valence-electron chi connectivity index (χ4n) is 4.87. The van der Waals surface area contributed by atoms with E-state index in [9.17, 15) is 9.18 Å². The summed E-state index contributed by atoms with van der Waals surface area (Å²) in [4.78, 5) is 17.4. The molecule has 2 heterocycles. The summed E-state index contributed by atoms with van der Waals surface area (Å²) in [6.07, 6.45) is 3.42. The van der Waals surface area contributed by atoms with Crippen LogP contribution in [0.1, 0.15) is 24.0 Å². The van der Waals surface area contributed by atoms with E-state index in [0.29, 0.717) is 42.7 Å². The lowest BCUT2D eigenvalue weighted by Gasteiger charge is -2.35. The Morgan fingerprint density at radius 1 is 1.03 bits per heavy atom. The Morgan fingerprint density at radius 2 is 1.79 bits per heavy atom. The first-order valence-corrected chi connectivity index (χ1v) is 11.7. The number of rotatable bonds is 8. The summed E-state index contributed by atoms with van der Waals surface area (Å²) in [5, 5.41) is 0. The van der Waals surface area contributed by atoms with Crippen LogP contribution in [0.25, 0.3) is 0 Å². The Balaban J connectivity index is 1.31. The predicted octanol–water partition coefficient (Wildman–Crippen LogP) is 3.56. The molecule has 0 aliphatic carbocycles. The molecule has 2 aromatic carbocycles. The number of halogens is 1. The Morgan fingerprint density at radius 3 is 2.55 bits per heavy atom. The van der Waals surface area contributed by atoms with Crippen LogP contribution in [-0.2, 0) is 17.6 Å². The second-order valence-electron chi connectivity index (χ2n) is 8.83. The third kappa shape index (κ3) is 5.77. The summed E-state index contributed by atoms with van der Waals surface area (Å²) >= 11 is 0. The van der Waals surface area contributed by atoms with Gasteiger partial charge in [-0.1, -0.05) is 12.1 Å². The standard InChI is InChI=1S/C26H33FN2O4/c1-31-24-14-20-9-11-29(26(30)16-21(20)15-25(24)32-2)18-19-6-5-10-28(17-19)12-13-33-23-8-4-3-7-22(23)27/h3-4,7-8,14-15,19H,5-6,9-13,16-18H2,1-2H3/t19-/m0/s1. The molecule has 6 nitrogen and oxygen atoms in total. The van der Waals surface area contributed by atoms with Crippen LogP contribution in [-0.4, -0.2) is 69.3 Å². The van der Waals surface area contributed by atoms with Crippen molar-refractivity contribution in [3.05, 3.63) is 53.3 Å². The molecule has 0 radical (unpaired) electrons. The molecule has 0 spiro atoms. The van der Waals surface area contributed by atoms with Gasteiger partial charge in [-0.25, -0.2) is 4.39 Å². The Bertz CT molecular complexity index is 967. The number of ether oxygens (including phenoxy) is 3. The van der Waals surface area contributed by atoms with Crippen LogP contribution in [0.5, 0.6) is 17.2 Å². The molecule has 7 heteroatoms. The van der Waals surface area contributed by atoms with Crippen molar-refractivity contribution in [2.24, 2.45) is 5.92 Å². The first kappa shape index (κ1) is 23.4. The van der Waals surface area contributed by atoms with Gasteiger partial charge in [0.05, 0.1) is 20.6 Å². The van der Waals surface area contributed by atoms with Gasteiger partial charge in [0.15, 0.2) is 23.1 Å². The Hall–Kier alpha value is -2.80. The van der Waals surface area contributed by atoms with Gasteiger partial charge in [-0.2, -0.15) is 0 Å². The van der Waals surface area contributed by atoms with Gasteiger partial charge in [-0.3, -0.25) is 9.69 Å². The van der Waals surface area contributed by atoms with Crippen molar-refractivity contribution in [2.75, 3.05) is 53.6 Å². The van der Waals surface area contributed by atoms with Crippen molar-refractivity contribution >= 4 is 5.91 Å². The monoisotopic (exact) mass is 456 g/mol. The number of carbonyl (C=O) groups is 1. The molecule has 2 aromatic rings. The highest BCUT2D eigenvalue weighted by atomic mass is 19.1. The highest BCUT2D eigenvalue weighted by Gasteiger charge is 2.27. The van der Waals surface area contributed by atoms with Crippen molar-refractivity contribution in [1.82, 2.24) is 9.80 Å². The minimum Gasteiger partial charge on any atom is -0.493 e. The van der Waals surface area contributed by atoms with Gasteiger partial charge in [0.25, 0.3) is 0 Å². The molecule has 1 amide bonds. The first-order chi connectivity index (χ1) is 16.1. The maximum Gasteiger partial charge on any atom is 0.227 e. The molecular weight excluding hydrogens is 423 g/mol. The zero-order chi connectivity index (χ0) is 23.2. The van der Waals surface area contributed by atoms with E-state index < -0.39 is 0 Å². The molecule has 2 aliphatic heterocycles. The first-order valence-electron chi connectivity index (χ1n) is 11.7. The maximum absolute atomic E-state index is 13.7. The smallest absolute Gasteiger partial charge is 0.227 e. The van der Waals surface area contributed by atoms with Crippen LogP contribution >= 0.6 is 0 Å². The van der Waals surface area contributed by atoms with E-state index in [1.54, 1.807) is 32.4 Å². The van der Waals surface area contributed by atoms with Crippen molar-refractivity contribution in [3.8, 4) is 17.2 Å². The van der Waals surface area contributed by atoms with Gasteiger partial charge in [-0.05, 0) is 67.1 Å². The molecule has 33 heavy (non-hydrogen) atoms. The number of piperidine rings is 1. The highest BCUT2D eigenvalue weighted by molar-refractivity contribution is 5.80. The molecule has 0 N–H and O–H groups in total. The number of likely N-dealkylation sites (tertiary alicyclic amines) is 1. The zero-order valence-corrected chi connectivity index (χ0v) is 19.5. The van der Waals surface area contributed by atoms with Crippen LogP contribution in [0, 0.1) is 11.7 Å². The molecule has 0 aromatic heterocycles. The number of para-hydroxylation sites is 1. The molecule has 1 fully saturated rings. The van der Waals surface area contributed by atoms with E-state index in [-0.39, 0.29) is 11.7 Å². The lowest BCUT2D eigenvalue weighted by molar-refractivity contribution is -0.131. The van der Waals surface area contributed by atoms with Crippen molar-refractivity contribution in [2.45, 2.75) is 25.7 Å². The average molecular weight is 457 g/mol.